The predicted octanol–water partition coefficient (Wildman–Crippen LogP) is 4.27. The Bertz CT molecular complexity index is 409. The largest absolute Gasteiger partial charge is 0.381 e. The molecule has 0 spiro atoms. The Labute approximate surface area is 116 Å². The fourth-order valence-electron chi connectivity index (χ4n) is 2.83. The zero-order valence-corrected chi connectivity index (χ0v) is 12.2. The van der Waals surface area contributed by atoms with Crippen molar-refractivity contribution in [2.45, 2.75) is 46.1 Å². The summed E-state index contributed by atoms with van der Waals surface area (Å²) in [5.41, 5.74) is 1.68. The molecule has 1 aliphatic heterocycles. The average Bonchev–Trinajstić information content (AvgIpc) is 2.38. The lowest BCUT2D eigenvalue weighted by molar-refractivity contribution is 0.393. The Morgan fingerprint density at radius 2 is 2.00 bits per heavy atom. The van der Waals surface area contributed by atoms with E-state index in [2.05, 4.69) is 31.0 Å². The monoisotopic (exact) mass is 264 g/mol. The highest BCUT2D eigenvalue weighted by atomic mass is 19.1. The molecule has 1 fully saturated rings. The van der Waals surface area contributed by atoms with Crippen molar-refractivity contribution in [3.63, 3.8) is 0 Å². The van der Waals surface area contributed by atoms with Crippen LogP contribution in [0.4, 0.5) is 15.8 Å². The van der Waals surface area contributed by atoms with Crippen LogP contribution in [0, 0.1) is 11.7 Å². The summed E-state index contributed by atoms with van der Waals surface area (Å²) in [6, 6.07) is 5.63. The molecule has 1 saturated heterocycles. The second kappa shape index (κ2) is 6.27. The van der Waals surface area contributed by atoms with Gasteiger partial charge in [0.25, 0.3) is 0 Å². The second-order valence-corrected chi connectivity index (χ2v) is 5.77. The van der Waals surface area contributed by atoms with E-state index in [1.807, 2.05) is 6.07 Å². The lowest BCUT2D eigenvalue weighted by Gasteiger charge is -2.35. The van der Waals surface area contributed by atoms with E-state index in [4.69, 9.17) is 0 Å². The van der Waals surface area contributed by atoms with E-state index >= 15 is 0 Å². The molecule has 0 aromatic heterocycles. The van der Waals surface area contributed by atoms with E-state index in [9.17, 15) is 4.39 Å². The molecule has 1 N–H and O–H groups in total. The van der Waals surface area contributed by atoms with Crippen LogP contribution in [-0.4, -0.2) is 19.1 Å². The van der Waals surface area contributed by atoms with Crippen LogP contribution < -0.4 is 10.2 Å². The molecular weight excluding hydrogens is 239 g/mol. The first-order chi connectivity index (χ1) is 9.11. The topological polar surface area (TPSA) is 15.3 Å². The zero-order chi connectivity index (χ0) is 13.8. The van der Waals surface area contributed by atoms with E-state index in [1.165, 1.54) is 19.3 Å². The summed E-state index contributed by atoms with van der Waals surface area (Å²) in [5.74, 6) is 0.699. The van der Waals surface area contributed by atoms with Gasteiger partial charge in [0.2, 0.25) is 0 Å². The van der Waals surface area contributed by atoms with Crippen LogP contribution in [0.1, 0.15) is 40.0 Å². The highest BCUT2D eigenvalue weighted by Gasteiger charge is 2.22. The SMILES string of the molecule is CCC1CCN(c2c(F)cccc2NC(C)C)CC1. The van der Waals surface area contributed by atoms with E-state index in [1.54, 1.807) is 12.1 Å². The maximum Gasteiger partial charge on any atom is 0.148 e. The molecular formula is C16H25FN2. The molecule has 2 nitrogen and oxygen atoms in total. The van der Waals surface area contributed by atoms with Gasteiger partial charge in [0.05, 0.1) is 11.4 Å². The Balaban J connectivity index is 2.19. The molecule has 1 aromatic carbocycles. The predicted molar refractivity (Wildman–Crippen MR) is 80.4 cm³/mol. The van der Waals surface area contributed by atoms with Gasteiger partial charge in [-0.15, -0.1) is 0 Å². The van der Waals surface area contributed by atoms with Gasteiger partial charge in [0.1, 0.15) is 5.82 Å². The first-order valence-corrected chi connectivity index (χ1v) is 7.41. The lowest BCUT2D eigenvalue weighted by Crippen LogP contribution is -2.34. The van der Waals surface area contributed by atoms with Gasteiger partial charge >= 0.3 is 0 Å². The van der Waals surface area contributed by atoms with Crippen molar-refractivity contribution in [1.29, 1.82) is 0 Å². The van der Waals surface area contributed by atoms with E-state index in [0.29, 0.717) is 6.04 Å². The van der Waals surface area contributed by atoms with Gasteiger partial charge in [0.15, 0.2) is 0 Å². The van der Waals surface area contributed by atoms with Crippen LogP contribution in [0.5, 0.6) is 0 Å². The zero-order valence-electron chi connectivity index (χ0n) is 12.2. The number of piperidine rings is 1. The molecule has 0 bridgehead atoms. The number of rotatable bonds is 4. The summed E-state index contributed by atoms with van der Waals surface area (Å²) in [7, 11) is 0. The molecule has 1 aromatic rings. The Hall–Kier alpha value is -1.25. The molecule has 0 amide bonds. The van der Waals surface area contributed by atoms with Gasteiger partial charge in [-0.1, -0.05) is 19.4 Å². The van der Waals surface area contributed by atoms with Crippen molar-refractivity contribution < 1.29 is 4.39 Å². The Morgan fingerprint density at radius 3 is 2.58 bits per heavy atom. The number of nitrogens with one attached hydrogen (secondary N) is 1. The standard InChI is InChI=1S/C16H25FN2/c1-4-13-8-10-19(11-9-13)16-14(17)6-5-7-15(16)18-12(2)3/h5-7,12-13,18H,4,8-11H2,1-3H3. The van der Waals surface area contributed by atoms with Crippen molar-refractivity contribution in [2.75, 3.05) is 23.3 Å². The highest BCUT2D eigenvalue weighted by molar-refractivity contribution is 5.71. The van der Waals surface area contributed by atoms with Crippen LogP contribution in [0.2, 0.25) is 0 Å². The van der Waals surface area contributed by atoms with Gasteiger partial charge in [-0.3, -0.25) is 0 Å². The first-order valence-electron chi connectivity index (χ1n) is 7.41. The number of anilines is 2. The average molecular weight is 264 g/mol. The fourth-order valence-corrected chi connectivity index (χ4v) is 2.83. The van der Waals surface area contributed by atoms with Crippen molar-refractivity contribution in [2.24, 2.45) is 5.92 Å². The Kier molecular flexibility index (Phi) is 4.67. The van der Waals surface area contributed by atoms with Crippen LogP contribution >= 0.6 is 0 Å². The molecule has 1 aliphatic rings. The van der Waals surface area contributed by atoms with Crippen molar-refractivity contribution in [3.8, 4) is 0 Å². The minimum Gasteiger partial charge on any atom is -0.381 e. The summed E-state index contributed by atoms with van der Waals surface area (Å²) in [4.78, 5) is 2.20. The van der Waals surface area contributed by atoms with E-state index in [0.717, 1.165) is 30.4 Å². The first kappa shape index (κ1) is 14.2. The normalized spacial score (nSPS) is 17.0. The summed E-state index contributed by atoms with van der Waals surface area (Å²) in [6.07, 6.45) is 3.58. The maximum atomic E-state index is 14.2. The summed E-state index contributed by atoms with van der Waals surface area (Å²) < 4.78 is 14.2. The summed E-state index contributed by atoms with van der Waals surface area (Å²) >= 11 is 0. The number of para-hydroxylation sites is 1. The molecule has 106 valence electrons. The molecule has 1 heterocycles. The van der Waals surface area contributed by atoms with Crippen molar-refractivity contribution in [1.82, 2.24) is 0 Å². The lowest BCUT2D eigenvalue weighted by atomic mass is 9.94. The fraction of sp³-hybridized carbons (Fsp3) is 0.625. The summed E-state index contributed by atoms with van der Waals surface area (Å²) in [6.45, 7) is 8.34. The van der Waals surface area contributed by atoms with Crippen molar-refractivity contribution >= 4 is 11.4 Å². The minimum absolute atomic E-state index is 0.111. The number of halogens is 1. The quantitative estimate of drug-likeness (QED) is 0.873. The molecule has 0 saturated carbocycles. The van der Waals surface area contributed by atoms with E-state index in [-0.39, 0.29) is 5.82 Å². The van der Waals surface area contributed by atoms with Crippen LogP contribution in [-0.2, 0) is 0 Å². The van der Waals surface area contributed by atoms with Gasteiger partial charge in [0, 0.05) is 19.1 Å². The van der Waals surface area contributed by atoms with Crippen LogP contribution in [0.3, 0.4) is 0 Å². The van der Waals surface area contributed by atoms with E-state index < -0.39 is 0 Å². The summed E-state index contributed by atoms with van der Waals surface area (Å²) in [5, 5.41) is 3.36. The second-order valence-electron chi connectivity index (χ2n) is 5.77. The molecule has 0 aliphatic carbocycles. The third-order valence-corrected chi connectivity index (χ3v) is 3.94. The van der Waals surface area contributed by atoms with Gasteiger partial charge in [-0.25, -0.2) is 4.39 Å². The number of nitrogens with zero attached hydrogens (tertiary/aromatic N) is 1. The number of benzene rings is 1. The molecule has 0 radical (unpaired) electrons. The van der Waals surface area contributed by atoms with Gasteiger partial charge < -0.3 is 10.2 Å². The third kappa shape index (κ3) is 3.40. The maximum absolute atomic E-state index is 14.2. The van der Waals surface area contributed by atoms with Crippen LogP contribution in [0.15, 0.2) is 18.2 Å². The molecule has 2 rings (SSSR count). The number of hydrogen-bond acceptors (Lipinski definition) is 2. The van der Waals surface area contributed by atoms with Crippen LogP contribution in [0.25, 0.3) is 0 Å². The third-order valence-electron chi connectivity index (χ3n) is 3.94. The molecule has 0 unspecified atom stereocenters. The smallest absolute Gasteiger partial charge is 0.148 e. The highest BCUT2D eigenvalue weighted by Crippen LogP contribution is 2.33. The Morgan fingerprint density at radius 1 is 1.32 bits per heavy atom. The molecule has 0 atom stereocenters. The number of hydrogen-bond donors (Lipinski definition) is 1. The van der Waals surface area contributed by atoms with Gasteiger partial charge in [-0.05, 0) is 44.7 Å². The molecule has 19 heavy (non-hydrogen) atoms. The van der Waals surface area contributed by atoms with Crippen molar-refractivity contribution in [3.05, 3.63) is 24.0 Å². The minimum atomic E-state index is -0.111. The molecule has 3 heteroatoms. The van der Waals surface area contributed by atoms with Gasteiger partial charge in [-0.2, -0.15) is 0 Å².